The van der Waals surface area contributed by atoms with Gasteiger partial charge in [-0.05, 0) is 62.9 Å². The number of ether oxygens (including phenoxy) is 3. The lowest BCUT2D eigenvalue weighted by Crippen LogP contribution is -2.23. The largest absolute Gasteiger partial charge is 0.473 e. The van der Waals surface area contributed by atoms with Gasteiger partial charge in [-0.15, -0.1) is 0 Å². The fourth-order valence-corrected chi connectivity index (χ4v) is 3.95. The molecule has 0 saturated carbocycles. The predicted molar refractivity (Wildman–Crippen MR) is 157 cm³/mol. The molecule has 0 atom stereocenters. The van der Waals surface area contributed by atoms with E-state index in [1.165, 1.54) is 0 Å². The highest BCUT2D eigenvalue weighted by Crippen LogP contribution is 2.31. The number of carbonyl (C=O) groups excluding carboxylic acids is 1. The molecule has 0 radical (unpaired) electrons. The fraction of sp³-hybridized carbons (Fsp3) is 0.303. The van der Waals surface area contributed by atoms with Crippen molar-refractivity contribution >= 4 is 11.8 Å². The van der Waals surface area contributed by atoms with E-state index in [0.717, 1.165) is 47.5 Å². The molecule has 7 heteroatoms. The summed E-state index contributed by atoms with van der Waals surface area (Å²) >= 11 is 0. The first-order chi connectivity index (χ1) is 19.4. The SMILES string of the molecule is CC(C)(C)OC(=O)CCCCNc1ccc(-c2ccc(OCc3ccccc3)nc2OCc2ccccc2)cn1. The zero-order chi connectivity index (χ0) is 28.2. The van der Waals surface area contributed by atoms with Crippen molar-refractivity contribution in [3.63, 3.8) is 0 Å². The Morgan fingerprint density at radius 1 is 0.800 bits per heavy atom. The molecule has 0 aliphatic heterocycles. The maximum atomic E-state index is 11.9. The Hall–Kier alpha value is -4.39. The maximum Gasteiger partial charge on any atom is 0.306 e. The molecule has 2 heterocycles. The molecule has 0 unspecified atom stereocenters. The molecule has 208 valence electrons. The lowest BCUT2D eigenvalue weighted by Gasteiger charge is -2.19. The van der Waals surface area contributed by atoms with Crippen LogP contribution in [0.4, 0.5) is 5.82 Å². The molecule has 0 fully saturated rings. The third kappa shape index (κ3) is 9.42. The molecule has 4 rings (SSSR count). The summed E-state index contributed by atoms with van der Waals surface area (Å²) in [4.78, 5) is 21.1. The minimum absolute atomic E-state index is 0.162. The topological polar surface area (TPSA) is 82.6 Å². The molecule has 4 aromatic rings. The van der Waals surface area contributed by atoms with Gasteiger partial charge in [-0.1, -0.05) is 60.7 Å². The number of rotatable bonds is 13. The summed E-state index contributed by atoms with van der Waals surface area (Å²) in [7, 11) is 0. The highest BCUT2D eigenvalue weighted by atomic mass is 16.6. The van der Waals surface area contributed by atoms with Crippen molar-refractivity contribution < 1.29 is 19.0 Å². The van der Waals surface area contributed by atoms with E-state index in [4.69, 9.17) is 14.2 Å². The number of anilines is 1. The van der Waals surface area contributed by atoms with Crippen LogP contribution < -0.4 is 14.8 Å². The highest BCUT2D eigenvalue weighted by Gasteiger charge is 2.16. The molecule has 0 spiro atoms. The number of benzene rings is 2. The Bertz CT molecular complexity index is 1340. The summed E-state index contributed by atoms with van der Waals surface area (Å²) in [5.74, 6) is 1.58. The quantitative estimate of drug-likeness (QED) is 0.142. The van der Waals surface area contributed by atoms with Crippen molar-refractivity contribution in [2.24, 2.45) is 0 Å². The van der Waals surface area contributed by atoms with Gasteiger partial charge in [0.15, 0.2) is 0 Å². The number of pyridine rings is 2. The van der Waals surface area contributed by atoms with E-state index in [-0.39, 0.29) is 5.97 Å². The summed E-state index contributed by atoms with van der Waals surface area (Å²) in [6.45, 7) is 7.17. The summed E-state index contributed by atoms with van der Waals surface area (Å²) in [5, 5.41) is 3.32. The van der Waals surface area contributed by atoms with Crippen LogP contribution >= 0.6 is 0 Å². The second-order valence-corrected chi connectivity index (χ2v) is 10.5. The van der Waals surface area contributed by atoms with Crippen LogP contribution in [0.5, 0.6) is 11.8 Å². The van der Waals surface area contributed by atoms with Crippen molar-refractivity contribution in [1.29, 1.82) is 0 Å². The monoisotopic (exact) mass is 539 g/mol. The van der Waals surface area contributed by atoms with E-state index in [0.29, 0.717) is 31.4 Å². The van der Waals surface area contributed by atoms with Crippen LogP contribution in [-0.2, 0) is 22.7 Å². The zero-order valence-electron chi connectivity index (χ0n) is 23.4. The Morgan fingerprint density at radius 2 is 1.48 bits per heavy atom. The first-order valence-electron chi connectivity index (χ1n) is 13.6. The molecular weight excluding hydrogens is 502 g/mol. The van der Waals surface area contributed by atoms with Crippen LogP contribution in [0, 0.1) is 0 Å². The lowest BCUT2D eigenvalue weighted by atomic mass is 10.1. The van der Waals surface area contributed by atoms with Gasteiger partial charge in [0.1, 0.15) is 24.6 Å². The Labute approximate surface area is 236 Å². The van der Waals surface area contributed by atoms with E-state index in [1.807, 2.05) is 106 Å². The molecule has 0 amide bonds. The van der Waals surface area contributed by atoms with Gasteiger partial charge in [0.25, 0.3) is 0 Å². The molecule has 0 aliphatic carbocycles. The number of esters is 1. The minimum atomic E-state index is -0.446. The van der Waals surface area contributed by atoms with E-state index in [1.54, 1.807) is 6.20 Å². The lowest BCUT2D eigenvalue weighted by molar-refractivity contribution is -0.154. The van der Waals surface area contributed by atoms with Crippen LogP contribution in [0.15, 0.2) is 91.1 Å². The number of hydrogen-bond donors (Lipinski definition) is 1. The zero-order valence-corrected chi connectivity index (χ0v) is 23.4. The average Bonchev–Trinajstić information content (AvgIpc) is 2.95. The number of aromatic nitrogens is 2. The van der Waals surface area contributed by atoms with Crippen molar-refractivity contribution in [1.82, 2.24) is 9.97 Å². The summed E-state index contributed by atoms with van der Waals surface area (Å²) in [5.41, 5.74) is 3.39. The molecule has 2 aromatic heterocycles. The number of nitrogens with zero attached hydrogens (tertiary/aromatic N) is 2. The summed E-state index contributed by atoms with van der Waals surface area (Å²) in [6, 6.07) is 27.7. The fourth-order valence-electron chi connectivity index (χ4n) is 3.95. The second kappa shape index (κ2) is 14.1. The molecule has 2 aromatic carbocycles. The molecule has 0 saturated heterocycles. The van der Waals surface area contributed by atoms with Crippen LogP contribution in [0.3, 0.4) is 0 Å². The Balaban J connectivity index is 1.38. The maximum absolute atomic E-state index is 11.9. The standard InChI is InChI=1S/C33H37N3O4/c1-33(2,3)40-31(37)16-10-11-21-34-29-19-17-27(22-35-29)28-18-20-30(38-23-25-12-6-4-7-13-25)36-32(28)39-24-26-14-8-5-9-15-26/h4-9,12-15,17-20,22H,10-11,16,21,23-24H2,1-3H3,(H,34,35). The van der Waals surface area contributed by atoms with Gasteiger partial charge in [0, 0.05) is 36.4 Å². The second-order valence-electron chi connectivity index (χ2n) is 10.5. The van der Waals surface area contributed by atoms with Crippen molar-refractivity contribution in [3.8, 4) is 22.9 Å². The smallest absolute Gasteiger partial charge is 0.306 e. The third-order valence-corrected chi connectivity index (χ3v) is 5.89. The van der Waals surface area contributed by atoms with E-state index in [2.05, 4.69) is 15.3 Å². The summed E-state index contributed by atoms with van der Waals surface area (Å²) < 4.78 is 17.5. The van der Waals surface area contributed by atoms with E-state index < -0.39 is 5.60 Å². The first-order valence-corrected chi connectivity index (χ1v) is 13.6. The Kier molecular flexibility index (Phi) is 10.1. The van der Waals surface area contributed by atoms with E-state index >= 15 is 0 Å². The van der Waals surface area contributed by atoms with Crippen molar-refractivity contribution in [3.05, 3.63) is 102 Å². The van der Waals surface area contributed by atoms with Gasteiger partial charge in [-0.25, -0.2) is 4.98 Å². The van der Waals surface area contributed by atoms with Gasteiger partial charge in [0.05, 0.1) is 0 Å². The van der Waals surface area contributed by atoms with Crippen LogP contribution in [0.2, 0.25) is 0 Å². The van der Waals surface area contributed by atoms with Crippen LogP contribution in [0.25, 0.3) is 11.1 Å². The van der Waals surface area contributed by atoms with Crippen molar-refractivity contribution in [2.45, 2.75) is 58.8 Å². The highest BCUT2D eigenvalue weighted by molar-refractivity contribution is 5.70. The van der Waals surface area contributed by atoms with E-state index in [9.17, 15) is 4.79 Å². The van der Waals surface area contributed by atoms with Gasteiger partial charge in [-0.3, -0.25) is 4.79 Å². The number of carbonyl (C=O) groups is 1. The third-order valence-electron chi connectivity index (χ3n) is 5.89. The summed E-state index contributed by atoms with van der Waals surface area (Å²) in [6.07, 6.45) is 3.82. The molecule has 1 N–H and O–H groups in total. The van der Waals surface area contributed by atoms with Crippen molar-refractivity contribution in [2.75, 3.05) is 11.9 Å². The first kappa shape index (κ1) is 28.6. The van der Waals surface area contributed by atoms with Gasteiger partial charge < -0.3 is 19.5 Å². The normalized spacial score (nSPS) is 11.1. The predicted octanol–water partition coefficient (Wildman–Crippen LogP) is 7.23. The molecule has 0 aliphatic rings. The molecular formula is C33H37N3O4. The molecule has 0 bridgehead atoms. The molecule has 40 heavy (non-hydrogen) atoms. The van der Waals surface area contributed by atoms with Crippen LogP contribution in [0.1, 0.15) is 51.2 Å². The Morgan fingerprint density at radius 3 is 2.10 bits per heavy atom. The number of unbranched alkanes of at least 4 members (excludes halogenated alkanes) is 1. The number of nitrogens with one attached hydrogen (secondary N) is 1. The minimum Gasteiger partial charge on any atom is -0.473 e. The van der Waals surface area contributed by atoms with Gasteiger partial charge in [-0.2, -0.15) is 4.98 Å². The van der Waals surface area contributed by atoms with Gasteiger partial charge in [0.2, 0.25) is 11.8 Å². The number of hydrogen-bond acceptors (Lipinski definition) is 7. The van der Waals surface area contributed by atoms with Gasteiger partial charge >= 0.3 is 5.97 Å². The molecule has 7 nitrogen and oxygen atoms in total. The average molecular weight is 540 g/mol. The van der Waals surface area contributed by atoms with Crippen LogP contribution in [-0.4, -0.2) is 28.1 Å².